The van der Waals surface area contributed by atoms with Gasteiger partial charge in [0.05, 0.1) is 5.52 Å². The number of carbonyl (C=O) groups excluding carboxylic acids is 2. The summed E-state index contributed by atoms with van der Waals surface area (Å²) in [5.41, 5.74) is -1.01. The van der Waals surface area contributed by atoms with Gasteiger partial charge in [0.25, 0.3) is 0 Å². The van der Waals surface area contributed by atoms with E-state index in [2.05, 4.69) is 25.9 Å². The lowest BCUT2D eigenvalue weighted by Gasteiger charge is -2.27. The van der Waals surface area contributed by atoms with Crippen LogP contribution in [0.4, 0.5) is 15.5 Å². The summed E-state index contributed by atoms with van der Waals surface area (Å²) in [5, 5.41) is 0.761. The number of amides is 2. The van der Waals surface area contributed by atoms with Crippen LogP contribution < -0.4 is 4.90 Å². The summed E-state index contributed by atoms with van der Waals surface area (Å²) in [6, 6.07) is 5.40. The molecule has 0 bridgehead atoms. The minimum Gasteiger partial charge on any atom is -0.443 e. The number of carbonyl (C=O) groups is 2. The van der Waals surface area contributed by atoms with E-state index in [1.54, 1.807) is 47.6 Å². The normalized spacial score (nSPS) is 12.0. The van der Waals surface area contributed by atoms with E-state index in [1.807, 2.05) is 12.1 Å². The van der Waals surface area contributed by atoms with E-state index < -0.39 is 23.4 Å². The third-order valence-corrected chi connectivity index (χ3v) is 3.37. The number of fused-ring (bicyclic) bond motifs is 1. The summed E-state index contributed by atoms with van der Waals surface area (Å²) < 4.78 is 11.5. The van der Waals surface area contributed by atoms with Crippen LogP contribution in [0.25, 0.3) is 10.9 Å². The summed E-state index contributed by atoms with van der Waals surface area (Å²) in [6.45, 7) is 10.2. The Hall–Kier alpha value is -2.22. The molecule has 2 rings (SSSR count). The Balaban J connectivity index is 2.47. The maximum Gasteiger partial charge on any atom is 0.427 e. The van der Waals surface area contributed by atoms with E-state index >= 15 is 0 Å². The Morgan fingerprint density at radius 1 is 1.00 bits per heavy atom. The SMILES string of the molecule is CC(C)(C)OC(=O)N(C(=O)OC(C)(C)C)c1ncc2cc(Br)ccc2n1. The lowest BCUT2D eigenvalue weighted by molar-refractivity contribution is 0.0427. The predicted molar refractivity (Wildman–Crippen MR) is 102 cm³/mol. The van der Waals surface area contributed by atoms with Gasteiger partial charge in [-0.3, -0.25) is 0 Å². The molecule has 26 heavy (non-hydrogen) atoms. The van der Waals surface area contributed by atoms with Crippen LogP contribution in [0.3, 0.4) is 0 Å². The molecule has 0 saturated heterocycles. The van der Waals surface area contributed by atoms with E-state index in [0.717, 1.165) is 9.86 Å². The molecule has 0 unspecified atom stereocenters. The molecule has 0 radical (unpaired) electrons. The first-order valence-corrected chi connectivity index (χ1v) is 8.83. The number of hydrogen-bond donors (Lipinski definition) is 0. The van der Waals surface area contributed by atoms with Crippen molar-refractivity contribution in [1.82, 2.24) is 9.97 Å². The van der Waals surface area contributed by atoms with Crippen molar-refractivity contribution in [2.24, 2.45) is 0 Å². The summed E-state index contributed by atoms with van der Waals surface area (Å²) in [6.07, 6.45) is -0.268. The number of rotatable bonds is 1. The predicted octanol–water partition coefficient (Wildman–Crippen LogP) is 5.07. The molecule has 0 aliphatic heterocycles. The smallest absolute Gasteiger partial charge is 0.427 e. The second kappa shape index (κ2) is 7.19. The van der Waals surface area contributed by atoms with Crippen LogP contribution in [0.2, 0.25) is 0 Å². The second-order valence-electron chi connectivity index (χ2n) is 7.67. The zero-order chi connectivity index (χ0) is 19.7. The van der Waals surface area contributed by atoms with Crippen LogP contribution in [0.1, 0.15) is 41.5 Å². The second-order valence-corrected chi connectivity index (χ2v) is 8.58. The van der Waals surface area contributed by atoms with Gasteiger partial charge >= 0.3 is 12.2 Å². The Morgan fingerprint density at radius 2 is 1.54 bits per heavy atom. The summed E-state index contributed by atoms with van der Waals surface area (Å²) >= 11 is 3.38. The quantitative estimate of drug-likeness (QED) is 0.636. The van der Waals surface area contributed by atoms with Gasteiger partial charge in [-0.05, 0) is 59.7 Å². The molecule has 7 nitrogen and oxygen atoms in total. The molecule has 140 valence electrons. The van der Waals surface area contributed by atoms with E-state index in [1.165, 1.54) is 6.20 Å². The molecule has 1 heterocycles. The minimum atomic E-state index is -0.900. The molecule has 1 aromatic heterocycles. The average Bonchev–Trinajstić information content (AvgIpc) is 2.43. The number of hydrogen-bond acceptors (Lipinski definition) is 6. The highest BCUT2D eigenvalue weighted by atomic mass is 79.9. The third kappa shape index (κ3) is 5.39. The molecule has 0 spiro atoms. The molecule has 2 amide bonds. The number of aromatic nitrogens is 2. The van der Waals surface area contributed by atoms with Crippen LogP contribution in [-0.2, 0) is 9.47 Å². The van der Waals surface area contributed by atoms with Gasteiger partial charge in [0.15, 0.2) is 0 Å². The van der Waals surface area contributed by atoms with Crippen LogP contribution >= 0.6 is 15.9 Å². The van der Waals surface area contributed by atoms with Gasteiger partial charge in [0.1, 0.15) is 11.2 Å². The molecule has 0 atom stereocenters. The minimum absolute atomic E-state index is 0.108. The van der Waals surface area contributed by atoms with Crippen LogP contribution in [0.15, 0.2) is 28.9 Å². The Bertz CT molecular complexity index is 812. The van der Waals surface area contributed by atoms with E-state index in [-0.39, 0.29) is 5.95 Å². The first-order valence-electron chi connectivity index (χ1n) is 8.04. The van der Waals surface area contributed by atoms with E-state index in [0.29, 0.717) is 10.4 Å². The van der Waals surface area contributed by atoms with Gasteiger partial charge in [-0.2, -0.15) is 0 Å². The Morgan fingerprint density at radius 3 is 2.04 bits per heavy atom. The first kappa shape index (κ1) is 20.1. The van der Waals surface area contributed by atoms with Crippen molar-refractivity contribution >= 4 is 45.0 Å². The fraction of sp³-hybridized carbons (Fsp3) is 0.444. The zero-order valence-electron chi connectivity index (χ0n) is 15.7. The van der Waals surface area contributed by atoms with Crippen molar-refractivity contribution in [2.75, 3.05) is 4.90 Å². The Kier molecular flexibility index (Phi) is 5.55. The largest absolute Gasteiger partial charge is 0.443 e. The summed E-state index contributed by atoms with van der Waals surface area (Å²) in [7, 11) is 0. The molecular weight excluding hydrogens is 402 g/mol. The van der Waals surface area contributed by atoms with Gasteiger partial charge in [-0.25, -0.2) is 19.6 Å². The van der Waals surface area contributed by atoms with Gasteiger partial charge in [0.2, 0.25) is 5.95 Å². The van der Waals surface area contributed by atoms with E-state index in [4.69, 9.17) is 9.47 Å². The standard InChI is InChI=1S/C18H22BrN3O4/c1-17(2,3)25-15(23)22(16(24)26-18(4,5)6)14-20-10-11-9-12(19)7-8-13(11)21-14/h7-10H,1-6H3. The number of benzene rings is 1. The van der Waals surface area contributed by atoms with Gasteiger partial charge in [-0.1, -0.05) is 15.9 Å². The van der Waals surface area contributed by atoms with E-state index in [9.17, 15) is 9.59 Å². The van der Waals surface area contributed by atoms with Crippen LogP contribution in [-0.4, -0.2) is 33.4 Å². The van der Waals surface area contributed by atoms with Gasteiger partial charge in [-0.15, -0.1) is 4.90 Å². The highest BCUT2D eigenvalue weighted by molar-refractivity contribution is 9.10. The van der Waals surface area contributed by atoms with Crippen molar-refractivity contribution < 1.29 is 19.1 Å². The molecule has 2 aromatic rings. The third-order valence-electron chi connectivity index (χ3n) is 2.88. The number of nitrogens with zero attached hydrogens (tertiary/aromatic N) is 3. The number of ether oxygens (including phenoxy) is 2. The lowest BCUT2D eigenvalue weighted by Crippen LogP contribution is -2.44. The lowest BCUT2D eigenvalue weighted by atomic mass is 10.2. The van der Waals surface area contributed by atoms with Crippen LogP contribution in [0, 0.1) is 0 Å². The molecule has 8 heteroatoms. The molecule has 1 aromatic carbocycles. The monoisotopic (exact) mass is 423 g/mol. The zero-order valence-corrected chi connectivity index (χ0v) is 17.2. The van der Waals surface area contributed by atoms with Crippen molar-refractivity contribution in [3.8, 4) is 0 Å². The van der Waals surface area contributed by atoms with Gasteiger partial charge in [0, 0.05) is 16.1 Å². The molecule has 0 aliphatic carbocycles. The molecule has 0 saturated carbocycles. The average molecular weight is 424 g/mol. The summed E-state index contributed by atoms with van der Waals surface area (Å²) in [4.78, 5) is 34.3. The molecule has 0 fully saturated rings. The first-order chi connectivity index (χ1) is 11.9. The van der Waals surface area contributed by atoms with Crippen molar-refractivity contribution in [1.29, 1.82) is 0 Å². The number of imide groups is 1. The maximum atomic E-state index is 12.6. The maximum absolute atomic E-state index is 12.6. The highest BCUT2D eigenvalue weighted by Crippen LogP contribution is 2.22. The topological polar surface area (TPSA) is 81.6 Å². The van der Waals surface area contributed by atoms with Crippen LogP contribution in [0.5, 0.6) is 0 Å². The number of halogens is 1. The number of anilines is 1. The van der Waals surface area contributed by atoms with Crippen molar-refractivity contribution in [2.45, 2.75) is 52.7 Å². The van der Waals surface area contributed by atoms with Crippen molar-refractivity contribution in [3.63, 3.8) is 0 Å². The molecule has 0 N–H and O–H groups in total. The molecule has 0 aliphatic rings. The fourth-order valence-electron chi connectivity index (χ4n) is 1.96. The Labute approximate surface area is 160 Å². The molecular formula is C18H22BrN3O4. The summed E-state index contributed by atoms with van der Waals surface area (Å²) in [5.74, 6) is -0.108. The highest BCUT2D eigenvalue weighted by Gasteiger charge is 2.34. The fourth-order valence-corrected chi connectivity index (χ4v) is 2.33. The van der Waals surface area contributed by atoms with Gasteiger partial charge < -0.3 is 9.47 Å². The van der Waals surface area contributed by atoms with Crippen molar-refractivity contribution in [3.05, 3.63) is 28.9 Å².